The van der Waals surface area contributed by atoms with Crippen molar-refractivity contribution in [2.24, 2.45) is 5.84 Å². The van der Waals surface area contributed by atoms with E-state index in [-0.39, 0.29) is 0 Å². The highest BCUT2D eigenvalue weighted by Gasteiger charge is 2.13. The maximum absolute atomic E-state index is 5.45. The minimum absolute atomic E-state index is 0.642. The van der Waals surface area contributed by atoms with Crippen LogP contribution >= 0.6 is 0 Å². The molecule has 2 rings (SSSR count). The van der Waals surface area contributed by atoms with Gasteiger partial charge in [0.25, 0.3) is 0 Å². The third kappa shape index (κ3) is 2.43. The molecular formula is C12H17N5O. The van der Waals surface area contributed by atoms with Gasteiger partial charge in [0.1, 0.15) is 23.2 Å². The second kappa shape index (κ2) is 5.05. The molecule has 0 spiro atoms. The summed E-state index contributed by atoms with van der Waals surface area (Å²) in [5, 5.41) is 0. The highest BCUT2D eigenvalue weighted by Crippen LogP contribution is 2.23. The molecule has 2 heterocycles. The average Bonchev–Trinajstić information content (AvgIpc) is 2.84. The number of aryl methyl sites for hydroxylation is 1. The van der Waals surface area contributed by atoms with Crippen molar-refractivity contribution in [3.63, 3.8) is 0 Å². The molecule has 18 heavy (non-hydrogen) atoms. The summed E-state index contributed by atoms with van der Waals surface area (Å²) in [6.07, 6.45) is 1.66. The molecule has 0 atom stereocenters. The average molecular weight is 247 g/mol. The van der Waals surface area contributed by atoms with Gasteiger partial charge in [-0.1, -0.05) is 0 Å². The first-order chi connectivity index (χ1) is 8.61. The van der Waals surface area contributed by atoms with Crippen molar-refractivity contribution in [3.8, 4) is 0 Å². The van der Waals surface area contributed by atoms with Crippen molar-refractivity contribution >= 4 is 11.6 Å². The Hall–Kier alpha value is -2.08. The monoisotopic (exact) mass is 247 g/mol. The molecule has 0 aromatic carbocycles. The summed E-state index contributed by atoms with van der Waals surface area (Å²) in [5.74, 6) is 8.49. The van der Waals surface area contributed by atoms with E-state index in [9.17, 15) is 0 Å². The number of hydrogen-bond donors (Lipinski definition) is 2. The summed E-state index contributed by atoms with van der Waals surface area (Å²) in [6.45, 7) is 4.42. The highest BCUT2D eigenvalue weighted by molar-refractivity contribution is 5.57. The van der Waals surface area contributed by atoms with Crippen LogP contribution in [0.15, 0.2) is 22.8 Å². The number of nitrogens with zero attached hydrogens (tertiary/aromatic N) is 3. The Balaban J connectivity index is 2.29. The number of anilines is 2. The van der Waals surface area contributed by atoms with E-state index in [1.165, 1.54) is 0 Å². The number of nitrogens with two attached hydrogens (primary N) is 1. The number of hydrazine groups is 1. The molecule has 2 aromatic rings. The predicted molar refractivity (Wildman–Crippen MR) is 70.1 cm³/mol. The van der Waals surface area contributed by atoms with Crippen molar-refractivity contribution in [2.75, 3.05) is 17.4 Å². The molecule has 0 saturated heterocycles. The molecule has 0 aliphatic heterocycles. The minimum Gasteiger partial charge on any atom is -0.467 e. The Morgan fingerprint density at radius 2 is 2.17 bits per heavy atom. The first-order valence-electron chi connectivity index (χ1n) is 5.67. The summed E-state index contributed by atoms with van der Waals surface area (Å²) in [5.41, 5.74) is 3.50. The van der Waals surface area contributed by atoms with Crippen LogP contribution in [0.5, 0.6) is 0 Å². The first kappa shape index (κ1) is 12.4. The van der Waals surface area contributed by atoms with Gasteiger partial charge in [0.15, 0.2) is 0 Å². The van der Waals surface area contributed by atoms with Gasteiger partial charge in [-0.15, -0.1) is 0 Å². The number of rotatable bonds is 4. The van der Waals surface area contributed by atoms with Gasteiger partial charge in [-0.25, -0.2) is 15.8 Å². The molecule has 0 aliphatic carbocycles. The SMILES string of the molecule is Cc1nc(NN)c(C)c(N(C)Cc2ccco2)n1. The van der Waals surface area contributed by atoms with Crippen LogP contribution in [0.25, 0.3) is 0 Å². The third-order valence-corrected chi connectivity index (χ3v) is 2.70. The van der Waals surface area contributed by atoms with Gasteiger partial charge in [0, 0.05) is 12.6 Å². The lowest BCUT2D eigenvalue weighted by molar-refractivity contribution is 0.506. The highest BCUT2D eigenvalue weighted by atomic mass is 16.3. The zero-order valence-corrected chi connectivity index (χ0v) is 10.8. The molecule has 0 saturated carbocycles. The van der Waals surface area contributed by atoms with E-state index in [0.717, 1.165) is 17.1 Å². The maximum atomic E-state index is 5.45. The lowest BCUT2D eigenvalue weighted by Gasteiger charge is -2.20. The molecule has 0 aliphatic rings. The van der Waals surface area contributed by atoms with Crippen LogP contribution in [0.3, 0.4) is 0 Å². The molecule has 0 fully saturated rings. The minimum atomic E-state index is 0.642. The fourth-order valence-electron chi connectivity index (χ4n) is 1.84. The number of furan rings is 1. The van der Waals surface area contributed by atoms with Crippen molar-refractivity contribution in [2.45, 2.75) is 20.4 Å². The van der Waals surface area contributed by atoms with Crippen molar-refractivity contribution in [1.82, 2.24) is 9.97 Å². The summed E-state index contributed by atoms with van der Waals surface area (Å²) in [4.78, 5) is 10.7. The van der Waals surface area contributed by atoms with E-state index < -0.39 is 0 Å². The Morgan fingerprint density at radius 3 is 2.78 bits per heavy atom. The number of nitrogens with one attached hydrogen (secondary N) is 1. The molecule has 0 amide bonds. The van der Waals surface area contributed by atoms with Crippen molar-refractivity contribution < 1.29 is 4.42 Å². The lowest BCUT2D eigenvalue weighted by Crippen LogP contribution is -2.21. The van der Waals surface area contributed by atoms with Crippen LogP contribution in [-0.2, 0) is 6.54 Å². The van der Waals surface area contributed by atoms with Gasteiger partial charge in [0.2, 0.25) is 0 Å². The van der Waals surface area contributed by atoms with Crippen LogP contribution in [0.1, 0.15) is 17.1 Å². The molecule has 6 nitrogen and oxygen atoms in total. The summed E-state index contributed by atoms with van der Waals surface area (Å²) < 4.78 is 5.33. The van der Waals surface area contributed by atoms with E-state index in [1.54, 1.807) is 6.26 Å². The summed E-state index contributed by atoms with van der Waals surface area (Å²) in [7, 11) is 1.96. The van der Waals surface area contributed by atoms with Crippen LogP contribution < -0.4 is 16.2 Å². The molecule has 2 aromatic heterocycles. The van der Waals surface area contributed by atoms with E-state index in [4.69, 9.17) is 10.3 Å². The predicted octanol–water partition coefficient (Wildman–Crippen LogP) is 1.61. The summed E-state index contributed by atoms with van der Waals surface area (Å²) in [6, 6.07) is 3.80. The van der Waals surface area contributed by atoms with Crippen LogP contribution in [-0.4, -0.2) is 17.0 Å². The van der Waals surface area contributed by atoms with Crippen molar-refractivity contribution in [1.29, 1.82) is 0 Å². The molecule has 0 bridgehead atoms. The maximum Gasteiger partial charge on any atom is 0.148 e. The van der Waals surface area contributed by atoms with Gasteiger partial charge < -0.3 is 14.7 Å². The van der Waals surface area contributed by atoms with E-state index >= 15 is 0 Å². The normalized spacial score (nSPS) is 10.4. The van der Waals surface area contributed by atoms with Gasteiger partial charge in [0.05, 0.1) is 12.8 Å². The smallest absolute Gasteiger partial charge is 0.148 e. The fraction of sp³-hybridized carbons (Fsp3) is 0.333. The fourth-order valence-corrected chi connectivity index (χ4v) is 1.84. The quantitative estimate of drug-likeness (QED) is 0.631. The molecule has 96 valence electrons. The molecule has 0 unspecified atom stereocenters. The Labute approximate surface area is 106 Å². The van der Waals surface area contributed by atoms with Crippen LogP contribution in [0.2, 0.25) is 0 Å². The number of aromatic nitrogens is 2. The second-order valence-electron chi connectivity index (χ2n) is 4.15. The third-order valence-electron chi connectivity index (χ3n) is 2.70. The van der Waals surface area contributed by atoms with Gasteiger partial charge >= 0.3 is 0 Å². The van der Waals surface area contributed by atoms with Gasteiger partial charge in [-0.05, 0) is 26.0 Å². The van der Waals surface area contributed by atoms with Gasteiger partial charge in [-0.3, -0.25) is 0 Å². The molecule has 6 heteroatoms. The van der Waals surface area contributed by atoms with E-state index in [2.05, 4.69) is 15.4 Å². The van der Waals surface area contributed by atoms with Crippen LogP contribution in [0.4, 0.5) is 11.6 Å². The Morgan fingerprint density at radius 1 is 1.39 bits per heavy atom. The largest absolute Gasteiger partial charge is 0.467 e. The second-order valence-corrected chi connectivity index (χ2v) is 4.15. The molecular weight excluding hydrogens is 230 g/mol. The van der Waals surface area contributed by atoms with E-state index in [1.807, 2.05) is 37.9 Å². The van der Waals surface area contributed by atoms with E-state index in [0.29, 0.717) is 18.2 Å². The number of hydrogen-bond acceptors (Lipinski definition) is 6. The van der Waals surface area contributed by atoms with Gasteiger partial charge in [-0.2, -0.15) is 0 Å². The van der Waals surface area contributed by atoms with Crippen molar-refractivity contribution in [3.05, 3.63) is 35.5 Å². The standard InChI is InChI=1S/C12H17N5O/c1-8-11(16-13)14-9(2)15-12(8)17(3)7-10-5-4-6-18-10/h4-6H,7,13H2,1-3H3,(H,14,15,16). The molecule has 3 N–H and O–H groups in total. The Kier molecular flexibility index (Phi) is 3.47. The number of nitrogen functional groups attached to an aromatic ring is 1. The molecule has 0 radical (unpaired) electrons. The lowest BCUT2D eigenvalue weighted by atomic mass is 10.3. The zero-order chi connectivity index (χ0) is 13.1. The zero-order valence-electron chi connectivity index (χ0n) is 10.8. The summed E-state index contributed by atoms with van der Waals surface area (Å²) >= 11 is 0. The first-order valence-corrected chi connectivity index (χ1v) is 5.67. The Bertz CT molecular complexity index is 524. The topological polar surface area (TPSA) is 80.2 Å². The van der Waals surface area contributed by atoms with Crippen LogP contribution in [0, 0.1) is 13.8 Å².